The van der Waals surface area contributed by atoms with Gasteiger partial charge < -0.3 is 42.6 Å². The van der Waals surface area contributed by atoms with Crippen molar-refractivity contribution < 1.29 is 52.2 Å². The molecule has 0 aromatic rings. The van der Waals surface area contributed by atoms with Crippen LogP contribution in [0.2, 0.25) is 0 Å². The predicted molar refractivity (Wildman–Crippen MR) is 149 cm³/mol. The molecule has 240 valence electrons. The molecule has 8 atom stereocenters. The lowest BCUT2D eigenvalue weighted by Crippen LogP contribution is -2.32. The van der Waals surface area contributed by atoms with Crippen LogP contribution >= 0.6 is 0 Å². The zero-order valence-corrected chi connectivity index (χ0v) is 25.2. The molecule has 13 nitrogen and oxygen atoms in total. The first kappa shape index (κ1) is 34.9. The summed E-state index contributed by atoms with van der Waals surface area (Å²) in [5.74, 6) is 0.203. The number of isocyanates is 2. The van der Waals surface area contributed by atoms with Crippen LogP contribution in [0.5, 0.6) is 0 Å². The van der Waals surface area contributed by atoms with Gasteiger partial charge in [-0.15, -0.1) is 0 Å². The second-order valence-electron chi connectivity index (χ2n) is 11.1. The van der Waals surface area contributed by atoms with E-state index >= 15 is 0 Å². The molecule has 0 N–H and O–H groups in total. The van der Waals surface area contributed by atoms with Gasteiger partial charge in [-0.3, -0.25) is 0 Å². The fourth-order valence-corrected chi connectivity index (χ4v) is 4.35. The number of carbonyl (C=O) groups excluding carboxylic acids is 2. The minimum absolute atomic E-state index is 0.0280. The van der Waals surface area contributed by atoms with E-state index in [1.165, 1.54) is 0 Å². The monoisotopic (exact) mass is 600 g/mol. The summed E-state index contributed by atoms with van der Waals surface area (Å²) in [7, 11) is 0. The lowest BCUT2D eigenvalue weighted by Gasteiger charge is -2.22. The normalized spacial score (nSPS) is 25.9. The van der Waals surface area contributed by atoms with Crippen molar-refractivity contribution in [3.63, 3.8) is 0 Å². The second-order valence-corrected chi connectivity index (χ2v) is 11.1. The number of epoxide rings is 3. The largest absolute Gasteiger partial charge is 0.376 e. The standard InChI is InChI=1S/C29H48N2O11/c1-21(36-14-26-16-40-26)9-34-12-25(13-35-10-22(2)37-15-27-17-41-27)39-11-23(3)38-18-28-29(42-28)24(6-8-31-20-33)5-4-7-30-19-32/h21-29H,4-18H2,1-3H3. The maximum absolute atomic E-state index is 10.5. The summed E-state index contributed by atoms with van der Waals surface area (Å²) < 4.78 is 51.6. The molecule has 0 radical (unpaired) electrons. The molecule has 3 aliphatic heterocycles. The highest BCUT2D eigenvalue weighted by molar-refractivity contribution is 5.33. The van der Waals surface area contributed by atoms with Crippen molar-refractivity contribution in [2.75, 3.05) is 79.2 Å². The molecule has 0 aromatic carbocycles. The summed E-state index contributed by atoms with van der Waals surface area (Å²) >= 11 is 0. The summed E-state index contributed by atoms with van der Waals surface area (Å²) in [5, 5.41) is 0. The topological polar surface area (TPSA) is 152 Å². The van der Waals surface area contributed by atoms with Crippen molar-refractivity contribution in [3.8, 4) is 0 Å². The van der Waals surface area contributed by atoms with Crippen LogP contribution < -0.4 is 0 Å². The zero-order chi connectivity index (χ0) is 30.0. The number of hydrogen-bond acceptors (Lipinski definition) is 13. The van der Waals surface area contributed by atoms with Crippen molar-refractivity contribution in [2.24, 2.45) is 15.9 Å². The summed E-state index contributed by atoms with van der Waals surface area (Å²) in [6.45, 7) is 11.8. The summed E-state index contributed by atoms with van der Waals surface area (Å²) in [6.07, 6.45) is 5.30. The quantitative estimate of drug-likeness (QED) is 0.0558. The van der Waals surface area contributed by atoms with Gasteiger partial charge in [0.2, 0.25) is 12.2 Å². The van der Waals surface area contributed by atoms with E-state index in [0.717, 1.165) is 26.1 Å². The number of hydrogen-bond donors (Lipinski definition) is 0. The minimum Gasteiger partial charge on any atom is -0.376 e. The van der Waals surface area contributed by atoms with E-state index in [-0.39, 0.29) is 54.7 Å². The zero-order valence-electron chi connectivity index (χ0n) is 25.2. The Labute approximate surface area is 248 Å². The molecule has 3 aliphatic rings. The Balaban J connectivity index is 1.34. The molecular formula is C29H48N2O11. The summed E-state index contributed by atoms with van der Waals surface area (Å²) in [6, 6.07) is 0. The molecule has 0 saturated carbocycles. The van der Waals surface area contributed by atoms with Crippen LogP contribution in [0.15, 0.2) is 9.98 Å². The Hall–Kier alpha value is -1.60. The molecule has 13 heteroatoms. The lowest BCUT2D eigenvalue weighted by atomic mass is 9.94. The molecule has 0 bridgehead atoms. The van der Waals surface area contributed by atoms with Crippen LogP contribution in [0.4, 0.5) is 0 Å². The van der Waals surface area contributed by atoms with Gasteiger partial charge in [0.25, 0.3) is 0 Å². The third-order valence-electron chi connectivity index (χ3n) is 7.03. The lowest BCUT2D eigenvalue weighted by molar-refractivity contribution is -0.109. The van der Waals surface area contributed by atoms with Gasteiger partial charge in [0, 0.05) is 0 Å². The van der Waals surface area contributed by atoms with Crippen LogP contribution in [0.25, 0.3) is 0 Å². The van der Waals surface area contributed by atoms with Crippen LogP contribution in [-0.2, 0) is 52.2 Å². The number of rotatable bonds is 28. The first-order valence-corrected chi connectivity index (χ1v) is 15.1. The van der Waals surface area contributed by atoms with Gasteiger partial charge in [0.15, 0.2) is 0 Å². The third kappa shape index (κ3) is 16.3. The van der Waals surface area contributed by atoms with Crippen molar-refractivity contribution in [1.29, 1.82) is 0 Å². The molecule has 3 heterocycles. The third-order valence-corrected chi connectivity index (χ3v) is 7.03. The van der Waals surface area contributed by atoms with E-state index in [2.05, 4.69) is 9.98 Å². The number of nitrogens with zero attached hydrogens (tertiary/aromatic N) is 2. The Kier molecular flexibility index (Phi) is 16.9. The Morgan fingerprint density at radius 3 is 1.83 bits per heavy atom. The van der Waals surface area contributed by atoms with Gasteiger partial charge in [-0.1, -0.05) is 0 Å². The molecule has 3 fully saturated rings. The predicted octanol–water partition coefficient (Wildman–Crippen LogP) is 1.64. The van der Waals surface area contributed by atoms with Gasteiger partial charge in [-0.05, 0) is 46.0 Å². The fraction of sp³-hybridized carbons (Fsp3) is 0.931. The first-order valence-electron chi connectivity index (χ1n) is 15.1. The van der Waals surface area contributed by atoms with E-state index in [1.807, 2.05) is 20.8 Å². The molecule has 3 saturated heterocycles. The average Bonchev–Trinajstić information content (AvgIpc) is 3.84. The van der Waals surface area contributed by atoms with Crippen molar-refractivity contribution >= 4 is 12.2 Å². The Bertz CT molecular complexity index is 802. The number of ether oxygens (including phenoxy) is 9. The van der Waals surface area contributed by atoms with Crippen LogP contribution in [0, 0.1) is 5.92 Å². The Morgan fingerprint density at radius 2 is 1.26 bits per heavy atom. The average molecular weight is 601 g/mol. The molecule has 0 amide bonds. The molecular weight excluding hydrogens is 552 g/mol. The van der Waals surface area contributed by atoms with Gasteiger partial charge in [0.1, 0.15) is 24.4 Å². The van der Waals surface area contributed by atoms with E-state index < -0.39 is 0 Å². The van der Waals surface area contributed by atoms with Gasteiger partial charge >= 0.3 is 0 Å². The summed E-state index contributed by atoms with van der Waals surface area (Å²) in [5.41, 5.74) is 0. The first-order chi connectivity index (χ1) is 20.5. The van der Waals surface area contributed by atoms with Crippen LogP contribution in [-0.4, -0.2) is 140 Å². The van der Waals surface area contributed by atoms with Gasteiger partial charge in [-0.25, -0.2) is 19.6 Å². The van der Waals surface area contributed by atoms with Crippen molar-refractivity contribution in [1.82, 2.24) is 0 Å². The minimum atomic E-state index is -0.282. The summed E-state index contributed by atoms with van der Waals surface area (Å²) in [4.78, 5) is 28.0. The van der Waals surface area contributed by atoms with Crippen molar-refractivity contribution in [3.05, 3.63) is 0 Å². The van der Waals surface area contributed by atoms with E-state index in [4.69, 9.17) is 42.6 Å². The molecule has 0 aliphatic carbocycles. The highest BCUT2D eigenvalue weighted by Crippen LogP contribution is 2.35. The van der Waals surface area contributed by atoms with Crippen molar-refractivity contribution in [2.45, 2.75) is 88.9 Å². The molecule has 3 rings (SSSR count). The SMILES string of the molecule is CC(COCC(COCC(C)OCC1CO1)OCC(C)OCC1OC1C(CCCN=C=O)CCN=C=O)OCC1CO1. The smallest absolute Gasteiger partial charge is 0.234 e. The van der Waals surface area contributed by atoms with E-state index in [9.17, 15) is 9.59 Å². The van der Waals surface area contributed by atoms with Crippen LogP contribution in [0.3, 0.4) is 0 Å². The Morgan fingerprint density at radius 1 is 0.714 bits per heavy atom. The molecule has 42 heavy (non-hydrogen) atoms. The fourth-order valence-electron chi connectivity index (χ4n) is 4.35. The highest BCUT2D eigenvalue weighted by atomic mass is 16.6. The second kappa shape index (κ2) is 20.4. The maximum atomic E-state index is 10.5. The van der Waals surface area contributed by atoms with Crippen LogP contribution in [0.1, 0.15) is 40.0 Å². The van der Waals surface area contributed by atoms with Gasteiger partial charge in [0.05, 0.1) is 104 Å². The molecule has 0 aromatic heterocycles. The van der Waals surface area contributed by atoms with E-state index in [1.54, 1.807) is 12.2 Å². The number of aliphatic imine (C=N–C) groups is 2. The molecule has 8 unspecified atom stereocenters. The molecule has 0 spiro atoms. The van der Waals surface area contributed by atoms with Gasteiger partial charge in [-0.2, -0.15) is 0 Å². The van der Waals surface area contributed by atoms with E-state index in [0.29, 0.717) is 72.4 Å². The maximum Gasteiger partial charge on any atom is 0.234 e. The highest BCUT2D eigenvalue weighted by Gasteiger charge is 2.44.